The number of halogens is 1. The van der Waals surface area contributed by atoms with Gasteiger partial charge in [-0.1, -0.05) is 12.1 Å². The molecule has 128 valence electrons. The van der Waals surface area contributed by atoms with Crippen molar-refractivity contribution in [1.82, 2.24) is 0 Å². The molecule has 0 radical (unpaired) electrons. The molecule has 4 nitrogen and oxygen atoms in total. The van der Waals surface area contributed by atoms with Crippen molar-refractivity contribution in [1.29, 1.82) is 0 Å². The number of hydrogen-bond donors (Lipinski definition) is 1. The van der Waals surface area contributed by atoms with Gasteiger partial charge in [-0.2, -0.15) is 0 Å². The number of quaternary nitrogens is 1. The summed E-state index contributed by atoms with van der Waals surface area (Å²) in [6.07, 6.45) is 0.835. The first kappa shape index (κ1) is 15.8. The molecular formula is C20H19FNO3+. The minimum Gasteiger partial charge on any atom is -0.445 e. The van der Waals surface area contributed by atoms with Crippen molar-refractivity contribution < 1.29 is 18.4 Å². The second-order valence-electron chi connectivity index (χ2n) is 6.51. The van der Waals surface area contributed by atoms with Gasteiger partial charge in [0.1, 0.15) is 18.1 Å². The lowest BCUT2D eigenvalue weighted by Crippen LogP contribution is -3.12. The van der Waals surface area contributed by atoms with Gasteiger partial charge in [-0.15, -0.1) is 0 Å². The van der Waals surface area contributed by atoms with Gasteiger partial charge < -0.3 is 9.15 Å². The van der Waals surface area contributed by atoms with Gasteiger partial charge in [0.15, 0.2) is 5.58 Å². The number of fused-ring (bicyclic) bond motifs is 3. The van der Waals surface area contributed by atoms with Crippen LogP contribution < -0.4 is 15.3 Å². The maximum absolute atomic E-state index is 13.0. The second kappa shape index (κ2) is 6.33. The SMILES string of the molecule is Cc1cc(=O)oc2c3c(ccc12)OC[NH+](CCc1ccc(F)cc1)C3. The van der Waals surface area contributed by atoms with Crippen molar-refractivity contribution in [2.24, 2.45) is 0 Å². The fourth-order valence-electron chi connectivity index (χ4n) is 3.34. The summed E-state index contributed by atoms with van der Waals surface area (Å²) in [5.41, 5.74) is 3.24. The molecule has 4 rings (SSSR count). The van der Waals surface area contributed by atoms with Crippen LogP contribution in [-0.2, 0) is 13.0 Å². The van der Waals surface area contributed by atoms with Crippen LogP contribution in [0.15, 0.2) is 51.7 Å². The molecule has 0 bridgehead atoms. The molecule has 0 spiro atoms. The maximum Gasteiger partial charge on any atom is 0.336 e. The first-order chi connectivity index (χ1) is 12.1. The molecule has 0 saturated heterocycles. The third-order valence-electron chi connectivity index (χ3n) is 4.72. The number of hydrogen-bond acceptors (Lipinski definition) is 3. The van der Waals surface area contributed by atoms with E-state index in [4.69, 9.17) is 9.15 Å². The van der Waals surface area contributed by atoms with Gasteiger partial charge in [-0.05, 0) is 42.3 Å². The highest BCUT2D eigenvalue weighted by atomic mass is 19.1. The number of rotatable bonds is 3. The molecule has 3 aromatic rings. The molecule has 0 amide bonds. The van der Waals surface area contributed by atoms with E-state index in [9.17, 15) is 9.18 Å². The number of ether oxygens (including phenoxy) is 1. The van der Waals surface area contributed by atoms with E-state index < -0.39 is 0 Å². The quantitative estimate of drug-likeness (QED) is 0.744. The van der Waals surface area contributed by atoms with Crippen LogP contribution in [0, 0.1) is 12.7 Å². The molecule has 2 aromatic carbocycles. The second-order valence-corrected chi connectivity index (χ2v) is 6.51. The van der Waals surface area contributed by atoms with Gasteiger partial charge in [0, 0.05) is 17.9 Å². The average Bonchev–Trinajstić information content (AvgIpc) is 2.61. The minimum atomic E-state index is -0.336. The predicted molar refractivity (Wildman–Crippen MR) is 92.4 cm³/mol. The number of benzene rings is 2. The summed E-state index contributed by atoms with van der Waals surface area (Å²) in [6.45, 7) is 4.07. The summed E-state index contributed by atoms with van der Waals surface area (Å²) in [6, 6.07) is 12.0. The molecular weight excluding hydrogens is 321 g/mol. The Morgan fingerprint density at radius 2 is 1.96 bits per heavy atom. The molecule has 25 heavy (non-hydrogen) atoms. The van der Waals surface area contributed by atoms with Gasteiger partial charge in [-0.25, -0.2) is 9.18 Å². The highest BCUT2D eigenvalue weighted by Gasteiger charge is 2.24. The molecule has 1 aliphatic heterocycles. The summed E-state index contributed by atoms with van der Waals surface area (Å²) in [5, 5.41) is 0.946. The Labute approximate surface area is 144 Å². The van der Waals surface area contributed by atoms with E-state index in [1.165, 1.54) is 23.1 Å². The first-order valence-corrected chi connectivity index (χ1v) is 8.37. The lowest BCUT2D eigenvalue weighted by molar-refractivity contribution is -0.932. The van der Waals surface area contributed by atoms with Gasteiger partial charge >= 0.3 is 5.63 Å². The Morgan fingerprint density at radius 1 is 1.16 bits per heavy atom. The van der Waals surface area contributed by atoms with E-state index in [1.807, 2.05) is 31.2 Å². The molecule has 1 atom stereocenters. The Morgan fingerprint density at radius 3 is 2.76 bits per heavy atom. The van der Waals surface area contributed by atoms with Crippen LogP contribution in [0.3, 0.4) is 0 Å². The standard InChI is InChI=1S/C20H18FNO3/c1-13-10-19(23)25-20-16(13)6-7-18-17(20)11-22(12-24-18)9-8-14-2-4-15(21)5-3-14/h2-7,10H,8-9,11-12H2,1H3/p+1. The van der Waals surface area contributed by atoms with Crippen molar-refractivity contribution in [2.45, 2.75) is 19.9 Å². The van der Waals surface area contributed by atoms with Crippen molar-refractivity contribution in [3.05, 3.63) is 75.4 Å². The normalized spacial score (nSPS) is 16.5. The van der Waals surface area contributed by atoms with Crippen LogP contribution in [0.4, 0.5) is 4.39 Å². The summed E-state index contributed by atoms with van der Waals surface area (Å²) in [4.78, 5) is 13.0. The van der Waals surface area contributed by atoms with E-state index in [-0.39, 0.29) is 11.4 Å². The summed E-state index contributed by atoms with van der Waals surface area (Å²) < 4.78 is 24.3. The Balaban J connectivity index is 1.58. The third kappa shape index (κ3) is 3.15. The van der Waals surface area contributed by atoms with Crippen LogP contribution in [-0.4, -0.2) is 13.3 Å². The molecule has 1 aromatic heterocycles. The van der Waals surface area contributed by atoms with E-state index in [1.54, 1.807) is 0 Å². The van der Waals surface area contributed by atoms with Crippen molar-refractivity contribution >= 4 is 11.0 Å². The molecule has 0 saturated carbocycles. The first-order valence-electron chi connectivity index (χ1n) is 8.37. The van der Waals surface area contributed by atoms with Gasteiger partial charge in [0.2, 0.25) is 6.73 Å². The van der Waals surface area contributed by atoms with Crippen molar-refractivity contribution in [3.63, 3.8) is 0 Å². The lowest BCUT2D eigenvalue weighted by Gasteiger charge is -2.26. The minimum absolute atomic E-state index is 0.219. The van der Waals surface area contributed by atoms with Gasteiger partial charge in [0.25, 0.3) is 0 Å². The highest BCUT2D eigenvalue weighted by Crippen LogP contribution is 2.29. The van der Waals surface area contributed by atoms with Crippen LogP contribution >= 0.6 is 0 Å². The summed E-state index contributed by atoms with van der Waals surface area (Å²) in [5.74, 6) is 0.565. The lowest BCUT2D eigenvalue weighted by atomic mass is 10.0. The Hall–Kier alpha value is -2.66. The van der Waals surface area contributed by atoms with Crippen LogP contribution in [0.2, 0.25) is 0 Å². The van der Waals surface area contributed by atoms with Gasteiger partial charge in [0.05, 0.1) is 12.1 Å². The molecule has 0 aliphatic carbocycles. The van der Waals surface area contributed by atoms with Crippen LogP contribution in [0.25, 0.3) is 11.0 Å². The van der Waals surface area contributed by atoms with E-state index in [0.29, 0.717) is 12.3 Å². The number of aryl methyl sites for hydroxylation is 1. The van der Waals surface area contributed by atoms with E-state index in [0.717, 1.165) is 47.3 Å². The molecule has 2 heterocycles. The van der Waals surface area contributed by atoms with Crippen molar-refractivity contribution in [3.8, 4) is 5.75 Å². The molecule has 1 N–H and O–H groups in total. The smallest absolute Gasteiger partial charge is 0.336 e. The predicted octanol–water partition coefficient (Wildman–Crippen LogP) is 2.22. The zero-order chi connectivity index (χ0) is 17.4. The van der Waals surface area contributed by atoms with E-state index >= 15 is 0 Å². The molecule has 1 unspecified atom stereocenters. The van der Waals surface area contributed by atoms with E-state index in [2.05, 4.69) is 0 Å². The fraction of sp³-hybridized carbons (Fsp3) is 0.250. The Kier molecular flexibility index (Phi) is 4.01. The van der Waals surface area contributed by atoms with Crippen molar-refractivity contribution in [2.75, 3.05) is 13.3 Å². The van der Waals surface area contributed by atoms with Gasteiger partial charge in [-0.3, -0.25) is 4.90 Å². The summed E-state index contributed by atoms with van der Waals surface area (Å²) >= 11 is 0. The molecule has 5 heteroatoms. The highest BCUT2D eigenvalue weighted by molar-refractivity contribution is 5.84. The largest absolute Gasteiger partial charge is 0.445 e. The topological polar surface area (TPSA) is 43.9 Å². The Bertz CT molecular complexity index is 979. The third-order valence-corrected chi connectivity index (χ3v) is 4.72. The van der Waals surface area contributed by atoms with Crippen LogP contribution in [0.5, 0.6) is 5.75 Å². The monoisotopic (exact) mass is 340 g/mol. The number of nitrogens with one attached hydrogen (secondary N) is 1. The summed E-state index contributed by atoms with van der Waals surface area (Å²) in [7, 11) is 0. The molecule has 0 fully saturated rings. The zero-order valence-electron chi connectivity index (χ0n) is 14.0. The molecule has 1 aliphatic rings. The fourth-order valence-corrected chi connectivity index (χ4v) is 3.34. The average molecular weight is 340 g/mol. The van der Waals surface area contributed by atoms with Crippen LogP contribution in [0.1, 0.15) is 16.7 Å². The maximum atomic E-state index is 13.0. The zero-order valence-corrected chi connectivity index (χ0v) is 14.0.